The summed E-state index contributed by atoms with van der Waals surface area (Å²) in [5.41, 5.74) is 3.38. The van der Waals surface area contributed by atoms with E-state index in [1.54, 1.807) is 5.56 Å². The molecule has 0 unspecified atom stereocenters. The summed E-state index contributed by atoms with van der Waals surface area (Å²) in [6, 6.07) is 8.99. The fraction of sp³-hybridized carbons (Fsp3) is 0.647. The van der Waals surface area contributed by atoms with Crippen molar-refractivity contribution in [3.8, 4) is 0 Å². The van der Waals surface area contributed by atoms with Crippen LogP contribution in [-0.2, 0) is 12.0 Å². The standard InChI is InChI=1S/C17H26N2.ClH/c1-17(2)13-19(11-14-7-9-18-10-8-14)12-15-5-3-4-6-16(15)17;/h3-6,14,18H,7-13H2,1-2H3;1H. The van der Waals surface area contributed by atoms with Gasteiger partial charge in [-0.25, -0.2) is 0 Å². The van der Waals surface area contributed by atoms with Gasteiger partial charge in [0.2, 0.25) is 0 Å². The highest BCUT2D eigenvalue weighted by molar-refractivity contribution is 5.85. The van der Waals surface area contributed by atoms with Crippen molar-refractivity contribution >= 4 is 12.4 Å². The molecule has 1 aromatic rings. The van der Waals surface area contributed by atoms with E-state index in [0.717, 1.165) is 12.5 Å². The Balaban J connectivity index is 0.00000147. The van der Waals surface area contributed by atoms with E-state index in [-0.39, 0.29) is 12.4 Å². The first-order valence-electron chi connectivity index (χ1n) is 7.66. The highest BCUT2D eigenvalue weighted by Gasteiger charge is 2.32. The van der Waals surface area contributed by atoms with E-state index in [9.17, 15) is 0 Å². The number of hydrogen-bond acceptors (Lipinski definition) is 2. The van der Waals surface area contributed by atoms with Crippen LogP contribution in [0.15, 0.2) is 24.3 Å². The van der Waals surface area contributed by atoms with Gasteiger partial charge in [0.15, 0.2) is 0 Å². The first-order chi connectivity index (χ1) is 9.15. The number of piperidine rings is 1. The fourth-order valence-corrected chi connectivity index (χ4v) is 3.82. The third kappa shape index (κ3) is 3.36. The normalized spacial score (nSPS) is 22.9. The summed E-state index contributed by atoms with van der Waals surface area (Å²) in [6.45, 7) is 10.8. The molecule has 3 rings (SSSR count). The average molecular weight is 295 g/mol. The van der Waals surface area contributed by atoms with Crippen molar-refractivity contribution in [3.05, 3.63) is 35.4 Å². The second-order valence-corrected chi connectivity index (χ2v) is 6.90. The molecule has 2 aliphatic rings. The first kappa shape index (κ1) is 15.8. The van der Waals surface area contributed by atoms with E-state index < -0.39 is 0 Å². The van der Waals surface area contributed by atoms with Crippen LogP contribution in [0, 0.1) is 5.92 Å². The average Bonchev–Trinajstić information content (AvgIpc) is 2.39. The molecule has 0 aliphatic carbocycles. The molecule has 0 amide bonds. The summed E-state index contributed by atoms with van der Waals surface area (Å²) in [7, 11) is 0. The zero-order chi connectivity index (χ0) is 13.3. The van der Waals surface area contributed by atoms with E-state index >= 15 is 0 Å². The van der Waals surface area contributed by atoms with Gasteiger partial charge in [-0.1, -0.05) is 38.1 Å². The number of halogens is 1. The molecule has 0 aromatic heterocycles. The molecule has 2 heterocycles. The van der Waals surface area contributed by atoms with Gasteiger partial charge in [-0.15, -0.1) is 12.4 Å². The van der Waals surface area contributed by atoms with Crippen LogP contribution in [0.1, 0.15) is 37.8 Å². The van der Waals surface area contributed by atoms with Crippen LogP contribution >= 0.6 is 12.4 Å². The van der Waals surface area contributed by atoms with Crippen molar-refractivity contribution in [2.75, 3.05) is 26.2 Å². The van der Waals surface area contributed by atoms with Gasteiger partial charge in [-0.3, -0.25) is 4.90 Å². The lowest BCUT2D eigenvalue weighted by Crippen LogP contribution is -2.45. The summed E-state index contributed by atoms with van der Waals surface area (Å²) in [5, 5.41) is 3.47. The molecule has 0 saturated carbocycles. The van der Waals surface area contributed by atoms with E-state index in [1.165, 1.54) is 44.6 Å². The number of rotatable bonds is 2. The van der Waals surface area contributed by atoms with Crippen LogP contribution in [0.5, 0.6) is 0 Å². The minimum Gasteiger partial charge on any atom is -0.317 e. The van der Waals surface area contributed by atoms with E-state index in [1.807, 2.05) is 0 Å². The number of nitrogens with one attached hydrogen (secondary N) is 1. The van der Waals surface area contributed by atoms with Gasteiger partial charge in [0.1, 0.15) is 0 Å². The first-order valence-corrected chi connectivity index (χ1v) is 7.66. The molecule has 1 saturated heterocycles. The topological polar surface area (TPSA) is 15.3 Å². The molecule has 0 radical (unpaired) electrons. The third-order valence-corrected chi connectivity index (χ3v) is 4.73. The van der Waals surface area contributed by atoms with E-state index in [4.69, 9.17) is 0 Å². The van der Waals surface area contributed by atoms with Crippen LogP contribution in [0.4, 0.5) is 0 Å². The molecular formula is C17H27ClN2. The molecule has 2 nitrogen and oxygen atoms in total. The van der Waals surface area contributed by atoms with Crippen LogP contribution in [0.25, 0.3) is 0 Å². The smallest absolute Gasteiger partial charge is 0.0237 e. The molecule has 3 heteroatoms. The number of benzene rings is 1. The van der Waals surface area contributed by atoms with Crippen molar-refractivity contribution in [1.82, 2.24) is 10.2 Å². The molecule has 1 N–H and O–H groups in total. The SMILES string of the molecule is CC1(C)CN(CC2CCNCC2)Cc2ccccc21.Cl. The number of hydrogen-bond donors (Lipinski definition) is 1. The molecule has 1 aromatic carbocycles. The minimum absolute atomic E-state index is 0. The monoisotopic (exact) mass is 294 g/mol. The fourth-order valence-electron chi connectivity index (χ4n) is 3.82. The Labute approximate surface area is 129 Å². The lowest BCUT2D eigenvalue weighted by atomic mass is 9.78. The Morgan fingerprint density at radius 2 is 1.90 bits per heavy atom. The number of fused-ring (bicyclic) bond motifs is 1. The lowest BCUT2D eigenvalue weighted by Gasteiger charge is -2.41. The Bertz CT molecular complexity index is 438. The highest BCUT2D eigenvalue weighted by Crippen LogP contribution is 2.33. The van der Waals surface area contributed by atoms with Crippen molar-refractivity contribution in [3.63, 3.8) is 0 Å². The third-order valence-electron chi connectivity index (χ3n) is 4.73. The zero-order valence-electron chi connectivity index (χ0n) is 12.7. The Morgan fingerprint density at radius 1 is 1.20 bits per heavy atom. The van der Waals surface area contributed by atoms with Crippen LogP contribution in [-0.4, -0.2) is 31.1 Å². The zero-order valence-corrected chi connectivity index (χ0v) is 13.5. The Hall–Kier alpha value is -0.570. The van der Waals surface area contributed by atoms with E-state index in [0.29, 0.717) is 5.41 Å². The van der Waals surface area contributed by atoms with Crippen LogP contribution in [0.2, 0.25) is 0 Å². The minimum atomic E-state index is 0. The molecule has 20 heavy (non-hydrogen) atoms. The molecular weight excluding hydrogens is 268 g/mol. The predicted molar refractivity (Wildman–Crippen MR) is 87.6 cm³/mol. The molecule has 0 atom stereocenters. The van der Waals surface area contributed by atoms with Gasteiger partial charge in [0.05, 0.1) is 0 Å². The molecule has 1 fully saturated rings. The number of nitrogens with zero attached hydrogens (tertiary/aromatic N) is 1. The maximum Gasteiger partial charge on any atom is 0.0237 e. The van der Waals surface area contributed by atoms with Crippen molar-refractivity contribution in [1.29, 1.82) is 0 Å². The maximum atomic E-state index is 3.47. The molecule has 0 bridgehead atoms. The Morgan fingerprint density at radius 3 is 2.65 bits per heavy atom. The molecule has 2 aliphatic heterocycles. The molecule has 112 valence electrons. The van der Waals surface area contributed by atoms with Gasteiger partial charge < -0.3 is 5.32 Å². The van der Waals surface area contributed by atoms with Crippen molar-refractivity contribution in [2.45, 2.75) is 38.6 Å². The summed E-state index contributed by atoms with van der Waals surface area (Å²) < 4.78 is 0. The quantitative estimate of drug-likeness (QED) is 0.901. The maximum absolute atomic E-state index is 3.47. The largest absolute Gasteiger partial charge is 0.317 e. The molecule has 0 spiro atoms. The van der Waals surface area contributed by atoms with E-state index in [2.05, 4.69) is 48.3 Å². The summed E-state index contributed by atoms with van der Waals surface area (Å²) in [6.07, 6.45) is 2.69. The summed E-state index contributed by atoms with van der Waals surface area (Å²) >= 11 is 0. The van der Waals surface area contributed by atoms with Crippen LogP contribution < -0.4 is 5.32 Å². The van der Waals surface area contributed by atoms with Gasteiger partial charge >= 0.3 is 0 Å². The second-order valence-electron chi connectivity index (χ2n) is 6.90. The Kier molecular flexibility index (Phi) is 5.11. The van der Waals surface area contributed by atoms with Crippen molar-refractivity contribution in [2.24, 2.45) is 5.92 Å². The second kappa shape index (κ2) is 6.46. The predicted octanol–water partition coefficient (Wildman–Crippen LogP) is 3.20. The lowest BCUT2D eigenvalue weighted by molar-refractivity contribution is 0.153. The van der Waals surface area contributed by atoms with Gasteiger partial charge in [-0.2, -0.15) is 0 Å². The summed E-state index contributed by atoms with van der Waals surface area (Å²) in [4.78, 5) is 2.68. The van der Waals surface area contributed by atoms with Gasteiger partial charge in [0.25, 0.3) is 0 Å². The van der Waals surface area contributed by atoms with Gasteiger partial charge in [-0.05, 0) is 43.0 Å². The van der Waals surface area contributed by atoms with Gasteiger partial charge in [0, 0.05) is 25.0 Å². The van der Waals surface area contributed by atoms with Crippen LogP contribution in [0.3, 0.4) is 0 Å². The van der Waals surface area contributed by atoms with Crippen molar-refractivity contribution < 1.29 is 0 Å². The summed E-state index contributed by atoms with van der Waals surface area (Å²) in [5.74, 6) is 0.891. The highest BCUT2D eigenvalue weighted by atomic mass is 35.5.